The van der Waals surface area contributed by atoms with E-state index in [4.69, 9.17) is 29.9 Å². The summed E-state index contributed by atoms with van der Waals surface area (Å²) in [6.07, 6.45) is 8.34. The van der Waals surface area contributed by atoms with E-state index in [1.807, 2.05) is 255 Å². The van der Waals surface area contributed by atoms with Crippen molar-refractivity contribution in [3.8, 4) is 5.75 Å². The molecular weight excluding hydrogens is 1950 g/mol. The summed E-state index contributed by atoms with van der Waals surface area (Å²) in [6, 6.07) is 101. The monoisotopic (exact) mass is 2030 g/mol. The zero-order valence-corrected chi connectivity index (χ0v) is 81.2. The van der Waals surface area contributed by atoms with Gasteiger partial charge in [0.25, 0.3) is 37.8 Å². The molecule has 36 heteroatoms. The van der Waals surface area contributed by atoms with E-state index in [2.05, 4.69) is 47.4 Å². The van der Waals surface area contributed by atoms with Crippen LogP contribution >= 0.6 is 56.2 Å². The lowest BCUT2D eigenvalue weighted by Crippen LogP contribution is -2.28. The molecule has 678 valence electrons. The Balaban J connectivity index is 0.000000131. The highest BCUT2D eigenvalue weighted by Crippen LogP contribution is 2.46. The number of hydrogen-bond acceptors (Lipinski definition) is 17. The number of methoxy groups -OCH3 is 1. The molecule has 0 aliphatic heterocycles. The number of ether oxygens (including phenoxy) is 1. The van der Waals surface area contributed by atoms with Crippen LogP contribution in [0.3, 0.4) is 0 Å². The molecule has 0 spiro atoms. The van der Waals surface area contributed by atoms with E-state index in [9.17, 15) is 55.3 Å². The predicted molar refractivity (Wildman–Crippen MR) is 539 cm³/mol. The van der Waals surface area contributed by atoms with Gasteiger partial charge in [-0.1, -0.05) is 273 Å². The van der Waals surface area contributed by atoms with Crippen LogP contribution in [0.5, 0.6) is 5.75 Å². The highest BCUT2D eigenvalue weighted by Gasteiger charge is 2.47. The Labute approximate surface area is 773 Å². The Morgan fingerprint density at radius 1 is 0.379 bits per heavy atom. The molecule has 0 fully saturated rings. The molecule has 0 aliphatic carbocycles. The van der Waals surface area contributed by atoms with Gasteiger partial charge in [-0.2, -0.15) is 17.7 Å². The molecule has 3 heterocycles. The van der Waals surface area contributed by atoms with Crippen LogP contribution in [0.15, 0.2) is 371 Å². The van der Waals surface area contributed by atoms with Gasteiger partial charge in [0.2, 0.25) is 10.0 Å². The van der Waals surface area contributed by atoms with Crippen molar-refractivity contribution in [2.24, 2.45) is 4.15 Å². The van der Waals surface area contributed by atoms with E-state index in [1.54, 1.807) is 48.5 Å². The molecule has 0 aliphatic rings. The highest BCUT2D eigenvalue weighted by molar-refractivity contribution is 9.10. The number of fused-ring (bicyclic) bond motifs is 21. The lowest BCUT2D eigenvalue weighted by atomic mass is 9.99. The first kappa shape index (κ1) is 95.6. The standard InChI is InChI=1S/C27H20NO5PS.C26H17BrNO4PS.C21H13F3NO4PS.C11H18NO2PS.C11H17NO2PS/c1-31-20-12-14-21(15-13-20)35(29,30)28-34-32-24-16-10-18-6-2-4-8-22(18)26(24)27-23-9-5-3-7-19(23)11-17-25(27)33-34;27-19-11-13-20(14-12-19)34(29,30)28-33-31-23-15-9-17-5-1-3-7-21(17)25(23)26-22-8-4-2-6-18(22)10-16-24(26)32-33;22-21(23,24)31(26,27)25-30-28-17-11-9-13-5-1-3-7-15(13)19(17)20-16-8-4-2-6-14(16)10-12-18(20)29-30;2*1-3-4-10-15(12-16(2,13)14)11-8-6-5-7-9-11/h2-17,28H,1H3;1-16,28H;1-12,25H;5-9,12H,3-4,10H2,1-2H3;5-9H,3-4,10H2,1-2H3/q;;;;+1. The van der Waals surface area contributed by atoms with E-state index < -0.39 is 95.9 Å². The van der Waals surface area contributed by atoms with Crippen LogP contribution in [0.25, 0.3) is 130 Å². The normalized spacial score (nSPS) is 12.4. The van der Waals surface area contributed by atoms with E-state index in [1.165, 1.54) is 42.1 Å². The number of alkyl halides is 3. The molecule has 19 rings (SSSR count). The van der Waals surface area contributed by atoms with Gasteiger partial charge in [0.15, 0.2) is 5.30 Å². The summed E-state index contributed by atoms with van der Waals surface area (Å²) in [6.45, 7) is 4.21. The summed E-state index contributed by atoms with van der Waals surface area (Å²) in [5.41, 5.74) is -2.79. The summed E-state index contributed by atoms with van der Waals surface area (Å²) >= 11 is 3.34. The molecular formula is C96H85BrF3N5O17P5S5+. The number of sulfonamides is 5. The van der Waals surface area contributed by atoms with Crippen molar-refractivity contribution < 1.29 is 85.2 Å². The Bertz CT molecular complexity index is 8040. The lowest BCUT2D eigenvalue weighted by Gasteiger charge is -2.17. The van der Waals surface area contributed by atoms with Crippen LogP contribution in [0, 0.1) is 0 Å². The van der Waals surface area contributed by atoms with Crippen LogP contribution in [-0.4, -0.2) is 79.5 Å². The maximum Gasteiger partial charge on any atom is 0.512 e. The number of nitrogens with zero attached hydrogens (tertiary/aromatic N) is 1. The van der Waals surface area contributed by atoms with Crippen molar-refractivity contribution in [3.05, 3.63) is 332 Å². The van der Waals surface area contributed by atoms with Crippen LogP contribution < -0.4 is 33.3 Å². The summed E-state index contributed by atoms with van der Waals surface area (Å²) in [5.74, 6) is 0.568. The quantitative estimate of drug-likeness (QED) is 0.0515. The van der Waals surface area contributed by atoms with E-state index >= 15 is 0 Å². The molecule has 0 amide bonds. The van der Waals surface area contributed by atoms with E-state index in [0.717, 1.165) is 146 Å². The van der Waals surface area contributed by atoms with Gasteiger partial charge in [-0.05, 0) is 186 Å². The highest BCUT2D eigenvalue weighted by atomic mass is 79.9. The van der Waals surface area contributed by atoms with Crippen molar-refractivity contribution in [1.29, 1.82) is 0 Å². The molecule has 0 saturated carbocycles. The van der Waals surface area contributed by atoms with E-state index in [-0.39, 0.29) is 21.0 Å². The molecule has 4 N–H and O–H groups in total. The van der Waals surface area contributed by atoms with Crippen molar-refractivity contribution in [2.45, 2.75) is 54.8 Å². The fourth-order valence-corrected chi connectivity index (χ4v) is 29.9. The zero-order chi connectivity index (χ0) is 93.1. The Kier molecular flexibility index (Phi) is 30.1. The first-order valence-corrected chi connectivity index (χ1v) is 56.5. The number of nitrogens with one attached hydrogen (secondary N) is 4. The van der Waals surface area contributed by atoms with Gasteiger partial charge in [0, 0.05) is 49.0 Å². The molecule has 132 heavy (non-hydrogen) atoms. The topological polar surface area (TPSA) is 319 Å². The number of rotatable bonds is 20. The minimum atomic E-state index is -5.67. The van der Waals surface area contributed by atoms with Crippen molar-refractivity contribution in [2.75, 3.05) is 45.4 Å². The summed E-state index contributed by atoms with van der Waals surface area (Å²) in [4.78, 5) is 0.224. The van der Waals surface area contributed by atoms with Crippen molar-refractivity contribution in [1.82, 2.24) is 4.49 Å². The molecule has 0 radical (unpaired) electrons. The van der Waals surface area contributed by atoms with Gasteiger partial charge in [0.05, 0.1) is 29.4 Å². The number of hydrogen-bond donors (Lipinski definition) is 4. The largest absolute Gasteiger partial charge is 0.512 e. The minimum absolute atomic E-state index is 0.0923. The Morgan fingerprint density at radius 2 is 0.674 bits per heavy atom. The Morgan fingerprint density at radius 3 is 0.970 bits per heavy atom. The van der Waals surface area contributed by atoms with Crippen LogP contribution in [0.4, 0.5) is 13.2 Å². The number of benzene rings is 16. The average molecular weight is 2030 g/mol. The first-order chi connectivity index (χ1) is 63.3. The van der Waals surface area contributed by atoms with Crippen molar-refractivity contribution >= 4 is 247 Å². The van der Waals surface area contributed by atoms with Gasteiger partial charge < -0.3 is 29.9 Å². The predicted octanol–water partition coefficient (Wildman–Crippen LogP) is 27.6. The Hall–Kier alpha value is -11.0. The van der Waals surface area contributed by atoms with Gasteiger partial charge in [-0.3, -0.25) is 0 Å². The molecule has 2 unspecified atom stereocenters. The average Bonchev–Trinajstić information content (AvgIpc) is 1.51. The van der Waals surface area contributed by atoms with Gasteiger partial charge in [-0.25, -0.2) is 42.1 Å². The van der Waals surface area contributed by atoms with E-state index in [0.29, 0.717) is 38.9 Å². The molecule has 2 atom stereocenters. The molecule has 0 bridgehead atoms. The zero-order valence-electron chi connectivity index (χ0n) is 71.1. The molecule has 0 saturated heterocycles. The van der Waals surface area contributed by atoms with Gasteiger partial charge >= 0.3 is 40.0 Å². The minimum Gasteiger partial charge on any atom is -0.497 e. The van der Waals surface area contributed by atoms with Crippen LogP contribution in [-0.2, 0) is 50.1 Å². The third-order valence-electron chi connectivity index (χ3n) is 20.7. The fraction of sp³-hybridized carbons (Fsp3) is 0.125. The lowest BCUT2D eigenvalue weighted by molar-refractivity contribution is -0.0428. The summed E-state index contributed by atoms with van der Waals surface area (Å²) in [7, 11) is -26.8. The second kappa shape index (κ2) is 41.6. The third-order valence-corrected chi connectivity index (χ3v) is 37.9. The maximum absolute atomic E-state index is 13.2. The number of unbranched alkanes of at least 4 members (excludes halogenated alkanes) is 2. The van der Waals surface area contributed by atoms with Gasteiger partial charge in [0.1, 0.15) is 45.4 Å². The van der Waals surface area contributed by atoms with Gasteiger partial charge in [-0.15, -0.1) is 13.5 Å². The van der Waals surface area contributed by atoms with Crippen LogP contribution in [0.2, 0.25) is 0 Å². The molecule has 19 aromatic rings. The van der Waals surface area contributed by atoms with Crippen molar-refractivity contribution in [3.63, 3.8) is 0 Å². The maximum atomic E-state index is 13.2. The molecule has 16 aromatic carbocycles. The first-order valence-electron chi connectivity index (χ1n) is 41.0. The van der Waals surface area contributed by atoms with Crippen LogP contribution in [0.1, 0.15) is 39.5 Å². The third kappa shape index (κ3) is 22.9. The fourth-order valence-electron chi connectivity index (χ4n) is 14.7. The molecule has 3 aromatic heterocycles. The second-order valence-corrected chi connectivity index (χ2v) is 48.1. The smallest absolute Gasteiger partial charge is 0.497 e. The summed E-state index contributed by atoms with van der Waals surface area (Å²) in [5, 5.41) is 18.6. The number of halogens is 4. The molecule has 22 nitrogen and oxygen atoms in total. The SMILES string of the molecule is CCCCP(NS(C)(=O)=O)c1ccccc1.CCCC[P+](=NS(C)(=O)=O)c1ccccc1.COc1ccc(S(=O)(=O)Np2oc3ccc4ccccc4c3c3c(ccc4ccccc43)o2)cc1.O=S(=O)(Np1oc2ccc3ccccc3c2c2c(ccc3ccccc32)o1)C(F)(F)F.O=S(=O)(Np1oc2ccc3ccccc3c2c2c(ccc3ccccc32)o1)c1ccc(Br)cc1. The summed E-state index contributed by atoms with van der Waals surface area (Å²) < 4.78 is 215. The second-order valence-electron chi connectivity index (χ2n) is 30.0.